The average molecular weight is 230 g/mol. The molecule has 0 bridgehead atoms. The van der Waals surface area contributed by atoms with E-state index < -0.39 is 8.07 Å². The van der Waals surface area contributed by atoms with Crippen LogP contribution in [-0.2, 0) is 0 Å². The molecular weight excluding hydrogens is 200 g/mol. The highest BCUT2D eigenvalue weighted by Crippen LogP contribution is 2.33. The van der Waals surface area contributed by atoms with Gasteiger partial charge in [-0.15, -0.1) is 0 Å². The van der Waals surface area contributed by atoms with Gasteiger partial charge in [0.25, 0.3) is 0 Å². The number of hydrogen-bond donors (Lipinski definition) is 1. The van der Waals surface area contributed by atoms with E-state index in [9.17, 15) is 0 Å². The maximum Gasteiger partial charge on any atom is 0.0447 e. The van der Waals surface area contributed by atoms with E-state index >= 15 is 0 Å². The van der Waals surface area contributed by atoms with Gasteiger partial charge in [0.1, 0.15) is 0 Å². The summed E-state index contributed by atoms with van der Waals surface area (Å²) in [5.74, 6) is 0. The molecule has 0 aromatic rings. The summed E-state index contributed by atoms with van der Waals surface area (Å²) in [5.41, 5.74) is 0.531. The third-order valence-corrected chi connectivity index (χ3v) is 4.79. The van der Waals surface area contributed by atoms with Crippen LogP contribution in [0, 0.1) is 5.41 Å². The molecule has 0 aliphatic heterocycles. The molecule has 0 saturated heterocycles. The van der Waals surface area contributed by atoms with Crippen molar-refractivity contribution < 1.29 is 5.11 Å². The second-order valence-corrected chi connectivity index (χ2v) is 12.3. The van der Waals surface area contributed by atoms with Crippen LogP contribution >= 0.6 is 0 Å². The summed E-state index contributed by atoms with van der Waals surface area (Å²) in [6.45, 7) is 12.6. The Labute approximate surface area is 97.3 Å². The first-order chi connectivity index (χ1) is 6.77. The van der Waals surface area contributed by atoms with Crippen molar-refractivity contribution in [3.05, 3.63) is 0 Å². The van der Waals surface area contributed by atoms with Crippen LogP contribution in [0.4, 0.5) is 0 Å². The first-order valence-electron chi connectivity index (χ1n) is 6.38. The summed E-state index contributed by atoms with van der Waals surface area (Å²) in [6.07, 6.45) is 6.14. The Morgan fingerprint density at radius 3 is 1.93 bits per heavy atom. The van der Waals surface area contributed by atoms with Gasteiger partial charge < -0.3 is 5.11 Å². The third-order valence-electron chi connectivity index (χ3n) is 2.77. The van der Waals surface area contributed by atoms with E-state index in [0.717, 1.165) is 6.42 Å². The third kappa shape index (κ3) is 10.5. The lowest BCUT2D eigenvalue weighted by Gasteiger charge is -2.31. The second-order valence-electron chi connectivity index (χ2n) is 6.79. The highest BCUT2D eigenvalue weighted by molar-refractivity contribution is 6.76. The van der Waals surface area contributed by atoms with Crippen LogP contribution in [0.25, 0.3) is 0 Å². The minimum absolute atomic E-state index is 0.359. The van der Waals surface area contributed by atoms with Gasteiger partial charge >= 0.3 is 0 Å². The normalized spacial score (nSPS) is 13.2. The van der Waals surface area contributed by atoms with Crippen molar-refractivity contribution >= 4 is 8.07 Å². The molecule has 92 valence electrons. The zero-order chi connectivity index (χ0) is 11.9. The molecule has 0 amide bonds. The standard InChI is InChI=1S/C13H30OSi/c1-13(2,12-15(3,4)5)10-8-6-7-9-11-14/h14H,6-12H2,1-5H3. The summed E-state index contributed by atoms with van der Waals surface area (Å²) < 4.78 is 0. The molecule has 15 heavy (non-hydrogen) atoms. The Hall–Kier alpha value is 0.177. The van der Waals surface area contributed by atoms with Crippen LogP contribution in [-0.4, -0.2) is 19.8 Å². The molecule has 2 heteroatoms. The lowest BCUT2D eigenvalue weighted by Crippen LogP contribution is -2.28. The fourth-order valence-electron chi connectivity index (χ4n) is 2.59. The van der Waals surface area contributed by atoms with Crippen LogP contribution in [0.3, 0.4) is 0 Å². The SMILES string of the molecule is CC(C)(CCCCCCO)C[Si](C)(C)C. The molecule has 0 rings (SSSR count). The Kier molecular flexibility index (Phi) is 6.77. The molecule has 0 aliphatic carbocycles. The summed E-state index contributed by atoms with van der Waals surface area (Å²) in [4.78, 5) is 0. The van der Waals surface area contributed by atoms with Gasteiger partial charge in [0.2, 0.25) is 0 Å². The summed E-state index contributed by atoms with van der Waals surface area (Å²) in [7, 11) is -0.908. The molecule has 0 aliphatic rings. The Morgan fingerprint density at radius 2 is 1.47 bits per heavy atom. The second kappa shape index (κ2) is 6.69. The van der Waals surface area contributed by atoms with Crippen LogP contribution < -0.4 is 0 Å². The molecule has 0 unspecified atom stereocenters. The first kappa shape index (κ1) is 15.2. The van der Waals surface area contributed by atoms with Gasteiger partial charge in [-0.05, 0) is 18.3 Å². The first-order valence-corrected chi connectivity index (χ1v) is 10.1. The van der Waals surface area contributed by atoms with Crippen molar-refractivity contribution in [2.45, 2.75) is 71.6 Å². The van der Waals surface area contributed by atoms with Crippen molar-refractivity contribution in [1.29, 1.82) is 0 Å². The van der Waals surface area contributed by atoms with Gasteiger partial charge in [-0.25, -0.2) is 0 Å². The highest BCUT2D eigenvalue weighted by atomic mass is 28.3. The highest BCUT2D eigenvalue weighted by Gasteiger charge is 2.25. The maximum absolute atomic E-state index is 8.68. The topological polar surface area (TPSA) is 20.2 Å². The number of rotatable bonds is 8. The molecule has 0 fully saturated rings. The molecule has 0 atom stereocenters. The molecule has 0 aromatic carbocycles. The van der Waals surface area contributed by atoms with Gasteiger partial charge in [-0.3, -0.25) is 0 Å². The fourth-order valence-corrected chi connectivity index (χ4v) is 5.64. The molecule has 0 aromatic heterocycles. The number of aliphatic hydroxyl groups is 1. The largest absolute Gasteiger partial charge is 0.396 e. The van der Waals surface area contributed by atoms with Crippen molar-refractivity contribution in [2.75, 3.05) is 6.61 Å². The van der Waals surface area contributed by atoms with Crippen LogP contribution in [0.5, 0.6) is 0 Å². The predicted molar refractivity (Wildman–Crippen MR) is 72.1 cm³/mol. The summed E-state index contributed by atoms with van der Waals surface area (Å²) >= 11 is 0. The van der Waals surface area contributed by atoms with Gasteiger partial charge in [0.05, 0.1) is 0 Å². The quantitative estimate of drug-likeness (QED) is 0.487. The zero-order valence-corrected chi connectivity index (χ0v) is 12.4. The van der Waals surface area contributed by atoms with Gasteiger partial charge in [0, 0.05) is 14.7 Å². The van der Waals surface area contributed by atoms with E-state index in [2.05, 4.69) is 33.5 Å². The molecule has 0 spiro atoms. The number of hydrogen-bond acceptors (Lipinski definition) is 1. The van der Waals surface area contributed by atoms with E-state index in [0.29, 0.717) is 12.0 Å². The van der Waals surface area contributed by atoms with E-state index in [1.54, 1.807) is 0 Å². The number of unbranched alkanes of at least 4 members (excludes halogenated alkanes) is 3. The van der Waals surface area contributed by atoms with Gasteiger partial charge in [-0.1, -0.05) is 58.8 Å². The van der Waals surface area contributed by atoms with E-state index in [4.69, 9.17) is 5.11 Å². The summed E-state index contributed by atoms with van der Waals surface area (Å²) in [5, 5.41) is 8.68. The van der Waals surface area contributed by atoms with E-state index in [1.165, 1.54) is 31.7 Å². The van der Waals surface area contributed by atoms with Crippen LogP contribution in [0.15, 0.2) is 0 Å². The van der Waals surface area contributed by atoms with Gasteiger partial charge in [-0.2, -0.15) is 0 Å². The maximum atomic E-state index is 8.68. The van der Waals surface area contributed by atoms with Gasteiger partial charge in [0.15, 0.2) is 0 Å². The molecule has 0 heterocycles. The zero-order valence-electron chi connectivity index (χ0n) is 11.4. The molecule has 0 saturated carbocycles. The Morgan fingerprint density at radius 1 is 0.933 bits per heavy atom. The van der Waals surface area contributed by atoms with E-state index in [1.807, 2.05) is 0 Å². The van der Waals surface area contributed by atoms with Crippen molar-refractivity contribution in [2.24, 2.45) is 5.41 Å². The number of aliphatic hydroxyl groups excluding tert-OH is 1. The molecule has 1 N–H and O–H groups in total. The molecular formula is C13H30OSi. The lowest BCUT2D eigenvalue weighted by atomic mass is 9.89. The van der Waals surface area contributed by atoms with E-state index in [-0.39, 0.29) is 0 Å². The molecule has 0 radical (unpaired) electrons. The van der Waals surface area contributed by atoms with Crippen molar-refractivity contribution in [3.63, 3.8) is 0 Å². The van der Waals surface area contributed by atoms with Crippen LogP contribution in [0.1, 0.15) is 46.0 Å². The van der Waals surface area contributed by atoms with Crippen molar-refractivity contribution in [1.82, 2.24) is 0 Å². The lowest BCUT2D eigenvalue weighted by molar-refractivity contribution is 0.279. The minimum atomic E-state index is -0.908. The minimum Gasteiger partial charge on any atom is -0.396 e. The van der Waals surface area contributed by atoms with Crippen LogP contribution in [0.2, 0.25) is 25.7 Å². The molecule has 1 nitrogen and oxygen atoms in total. The Bertz CT molecular complexity index is 158. The Balaban J connectivity index is 3.65. The smallest absolute Gasteiger partial charge is 0.0447 e. The monoisotopic (exact) mass is 230 g/mol. The fraction of sp³-hybridized carbons (Fsp3) is 1.00. The van der Waals surface area contributed by atoms with Crippen molar-refractivity contribution in [3.8, 4) is 0 Å². The average Bonchev–Trinajstić information content (AvgIpc) is 1.99. The summed E-state index contributed by atoms with van der Waals surface area (Å²) in [6, 6.07) is 1.43. The predicted octanol–water partition coefficient (Wildman–Crippen LogP) is 4.29.